The maximum Gasteiger partial charge on any atom is 0.0622 e. The van der Waals surface area contributed by atoms with Crippen LogP contribution in [0.25, 0.3) is 60.3 Å². The molecule has 0 spiro atoms. The molecule has 7 aromatic rings. The molecule has 35 heavy (non-hydrogen) atoms. The lowest BCUT2D eigenvalue weighted by Gasteiger charge is -2.17. The second kappa shape index (κ2) is 6.20. The average Bonchev–Trinajstić information content (AvgIpc) is 3.59. The molecule has 162 valence electrons. The molecule has 0 amide bonds. The van der Waals surface area contributed by atoms with E-state index in [2.05, 4.69) is 108 Å². The first-order valence-corrected chi connectivity index (χ1v) is 12.5. The van der Waals surface area contributed by atoms with Gasteiger partial charge in [0, 0.05) is 21.7 Å². The van der Waals surface area contributed by atoms with Crippen LogP contribution in [-0.4, -0.2) is 4.40 Å². The first-order valence-electron chi connectivity index (χ1n) is 12.5. The molecule has 2 aliphatic carbocycles. The van der Waals surface area contributed by atoms with Gasteiger partial charge in [0.1, 0.15) is 0 Å². The zero-order valence-electron chi connectivity index (χ0n) is 19.2. The second-order valence-electron chi connectivity index (χ2n) is 10.1. The number of nitrogens with zero attached hydrogens (tertiary/aromatic N) is 1. The van der Waals surface area contributed by atoms with Gasteiger partial charge in [0.05, 0.1) is 16.6 Å². The van der Waals surface area contributed by atoms with E-state index in [1.165, 1.54) is 82.6 Å². The molecule has 0 saturated carbocycles. The van der Waals surface area contributed by atoms with Gasteiger partial charge in [-0.2, -0.15) is 0 Å². The smallest absolute Gasteiger partial charge is 0.0622 e. The van der Waals surface area contributed by atoms with E-state index < -0.39 is 0 Å². The third-order valence-electron chi connectivity index (χ3n) is 8.37. The molecule has 0 radical (unpaired) electrons. The van der Waals surface area contributed by atoms with E-state index in [9.17, 15) is 0 Å². The topological polar surface area (TPSA) is 4.41 Å². The van der Waals surface area contributed by atoms with Crippen molar-refractivity contribution in [3.05, 3.63) is 125 Å². The summed E-state index contributed by atoms with van der Waals surface area (Å²) in [5.41, 5.74) is 15.3. The number of fused-ring (bicyclic) bond motifs is 16. The van der Waals surface area contributed by atoms with Gasteiger partial charge < -0.3 is 4.40 Å². The van der Waals surface area contributed by atoms with Gasteiger partial charge in [0.2, 0.25) is 0 Å². The molecule has 1 heteroatoms. The standard InChI is InChI=1S/C34H21N/c1-4-10-25-20(7-1)17-23-13-15-27-28-16-14-24-18-21-8-2-5-11-26(21)32(24)34(28)35-29-12-6-3-9-22(29)19-30(35)33(27)31(23)25/h1-16,19H,17-18H2. The van der Waals surface area contributed by atoms with Gasteiger partial charge in [-0.05, 0) is 69.3 Å². The Bertz CT molecular complexity index is 2050. The van der Waals surface area contributed by atoms with Gasteiger partial charge in [0.25, 0.3) is 0 Å². The fraction of sp³-hybridized carbons (Fsp3) is 0.0588. The van der Waals surface area contributed by atoms with Gasteiger partial charge in [-0.1, -0.05) is 91.0 Å². The van der Waals surface area contributed by atoms with E-state index >= 15 is 0 Å². The van der Waals surface area contributed by atoms with Crippen molar-refractivity contribution in [2.45, 2.75) is 12.8 Å². The van der Waals surface area contributed by atoms with Crippen LogP contribution in [0.2, 0.25) is 0 Å². The molecule has 0 bridgehead atoms. The van der Waals surface area contributed by atoms with E-state index in [0.717, 1.165) is 12.8 Å². The minimum Gasteiger partial charge on any atom is -0.308 e. The maximum atomic E-state index is 2.56. The van der Waals surface area contributed by atoms with Crippen molar-refractivity contribution in [2.24, 2.45) is 0 Å². The van der Waals surface area contributed by atoms with Crippen LogP contribution < -0.4 is 0 Å². The Morgan fingerprint density at radius 3 is 1.91 bits per heavy atom. The molecule has 0 aliphatic heterocycles. The molecule has 0 atom stereocenters. The van der Waals surface area contributed by atoms with E-state index in [-0.39, 0.29) is 0 Å². The Kier molecular flexibility index (Phi) is 3.19. The van der Waals surface area contributed by atoms with Crippen molar-refractivity contribution in [3.63, 3.8) is 0 Å². The number of hydrogen-bond acceptors (Lipinski definition) is 0. The first kappa shape index (κ1) is 18.0. The highest BCUT2D eigenvalue weighted by molar-refractivity contribution is 6.23. The number of rotatable bonds is 0. The quantitative estimate of drug-likeness (QED) is 0.207. The lowest BCUT2D eigenvalue weighted by atomic mass is 9.93. The number of hydrogen-bond donors (Lipinski definition) is 0. The van der Waals surface area contributed by atoms with Gasteiger partial charge in [-0.15, -0.1) is 0 Å². The zero-order chi connectivity index (χ0) is 22.7. The van der Waals surface area contributed by atoms with Crippen LogP contribution in [0.3, 0.4) is 0 Å². The molecule has 5 aromatic carbocycles. The molecule has 0 N–H and O–H groups in total. The molecular formula is C34H21N. The van der Waals surface area contributed by atoms with Gasteiger partial charge in [0.15, 0.2) is 0 Å². The minimum absolute atomic E-state index is 1.01. The summed E-state index contributed by atoms with van der Waals surface area (Å²) in [6.45, 7) is 0. The zero-order valence-corrected chi connectivity index (χ0v) is 19.2. The van der Waals surface area contributed by atoms with Crippen LogP contribution in [-0.2, 0) is 12.8 Å². The Morgan fingerprint density at radius 2 is 1.11 bits per heavy atom. The van der Waals surface area contributed by atoms with Crippen LogP contribution in [0.15, 0.2) is 103 Å². The molecular weight excluding hydrogens is 422 g/mol. The minimum atomic E-state index is 1.01. The first-order chi connectivity index (χ1) is 17.4. The lowest BCUT2D eigenvalue weighted by Crippen LogP contribution is -1.96. The highest BCUT2D eigenvalue weighted by atomic mass is 14.9. The van der Waals surface area contributed by atoms with Crippen LogP contribution in [0.4, 0.5) is 0 Å². The summed E-state index contributed by atoms with van der Waals surface area (Å²) in [5, 5.41) is 5.39. The summed E-state index contributed by atoms with van der Waals surface area (Å²) in [7, 11) is 0. The second-order valence-corrected chi connectivity index (χ2v) is 10.1. The van der Waals surface area contributed by atoms with Crippen molar-refractivity contribution in [1.82, 2.24) is 4.40 Å². The Balaban J connectivity index is 1.59. The fourth-order valence-electron chi connectivity index (χ4n) is 6.95. The Labute approximate surface area is 202 Å². The van der Waals surface area contributed by atoms with Crippen LogP contribution in [0.5, 0.6) is 0 Å². The van der Waals surface area contributed by atoms with Crippen molar-refractivity contribution in [3.8, 4) is 22.3 Å². The van der Waals surface area contributed by atoms with Crippen LogP contribution >= 0.6 is 0 Å². The van der Waals surface area contributed by atoms with Crippen molar-refractivity contribution in [1.29, 1.82) is 0 Å². The van der Waals surface area contributed by atoms with Crippen molar-refractivity contribution in [2.75, 3.05) is 0 Å². The maximum absolute atomic E-state index is 2.56. The highest BCUT2D eigenvalue weighted by Crippen LogP contribution is 2.49. The number of pyridine rings is 1. The number of aromatic nitrogens is 1. The van der Waals surface area contributed by atoms with E-state index in [1.54, 1.807) is 0 Å². The molecule has 1 nitrogen and oxygen atoms in total. The predicted octanol–water partition coefficient (Wildman–Crippen LogP) is 8.54. The Hall–Kier alpha value is -4.36. The van der Waals surface area contributed by atoms with Crippen molar-refractivity contribution >= 4 is 38.1 Å². The number of para-hydroxylation sites is 1. The van der Waals surface area contributed by atoms with Crippen LogP contribution in [0.1, 0.15) is 22.3 Å². The van der Waals surface area contributed by atoms with Crippen LogP contribution in [0, 0.1) is 0 Å². The average molecular weight is 444 g/mol. The third kappa shape index (κ3) is 2.15. The largest absolute Gasteiger partial charge is 0.308 e. The van der Waals surface area contributed by atoms with E-state index in [0.29, 0.717) is 0 Å². The van der Waals surface area contributed by atoms with E-state index in [4.69, 9.17) is 0 Å². The number of benzene rings is 5. The van der Waals surface area contributed by atoms with Gasteiger partial charge >= 0.3 is 0 Å². The lowest BCUT2D eigenvalue weighted by molar-refractivity contribution is 1.26. The fourth-order valence-corrected chi connectivity index (χ4v) is 6.95. The van der Waals surface area contributed by atoms with Crippen molar-refractivity contribution < 1.29 is 0 Å². The summed E-state index contributed by atoms with van der Waals surface area (Å²) in [6.07, 6.45) is 2.03. The highest BCUT2D eigenvalue weighted by Gasteiger charge is 2.27. The molecule has 0 unspecified atom stereocenters. The molecule has 0 fully saturated rings. The molecule has 2 aromatic heterocycles. The van der Waals surface area contributed by atoms with Gasteiger partial charge in [-0.25, -0.2) is 0 Å². The summed E-state index contributed by atoms with van der Waals surface area (Å²) in [5.74, 6) is 0. The summed E-state index contributed by atoms with van der Waals surface area (Å²) in [4.78, 5) is 0. The molecule has 0 saturated heterocycles. The molecule has 2 heterocycles. The molecule has 2 aliphatic rings. The third-order valence-corrected chi connectivity index (χ3v) is 8.37. The summed E-state index contributed by atoms with van der Waals surface area (Å²) in [6, 6.07) is 38.7. The normalized spacial score (nSPS) is 13.5. The monoisotopic (exact) mass is 443 g/mol. The Morgan fingerprint density at radius 1 is 0.486 bits per heavy atom. The van der Waals surface area contributed by atoms with E-state index in [1.807, 2.05) is 0 Å². The SMILES string of the molecule is c1ccc2c(c1)Cc1ccc3c4ccc5c(c4n4c6ccccc6cc4c3c1-2)-c1ccccc1C5. The predicted molar refractivity (Wildman–Crippen MR) is 146 cm³/mol. The van der Waals surface area contributed by atoms with Gasteiger partial charge in [-0.3, -0.25) is 0 Å². The molecule has 9 rings (SSSR count). The summed E-state index contributed by atoms with van der Waals surface area (Å²) >= 11 is 0. The summed E-state index contributed by atoms with van der Waals surface area (Å²) < 4.78 is 2.56.